The van der Waals surface area contributed by atoms with E-state index >= 15 is 0 Å². The summed E-state index contributed by atoms with van der Waals surface area (Å²) in [4.78, 5) is 25.3. The van der Waals surface area contributed by atoms with E-state index in [4.69, 9.17) is 10.00 Å². The minimum absolute atomic E-state index is 0.190. The van der Waals surface area contributed by atoms with Crippen molar-refractivity contribution in [3.8, 4) is 6.07 Å². The second kappa shape index (κ2) is 6.42. The summed E-state index contributed by atoms with van der Waals surface area (Å²) < 4.78 is 5.61. The number of nitrogens with zero attached hydrogens (tertiary/aromatic N) is 1. The molecule has 0 heterocycles. The van der Waals surface area contributed by atoms with E-state index in [2.05, 4.69) is 5.32 Å². The summed E-state index contributed by atoms with van der Waals surface area (Å²) in [5.41, 5.74) is 0.650. The highest BCUT2D eigenvalue weighted by Gasteiger charge is 2.55. The zero-order valence-corrected chi connectivity index (χ0v) is 15.0. The summed E-state index contributed by atoms with van der Waals surface area (Å²) in [6, 6.07) is 8.74. The van der Waals surface area contributed by atoms with Crippen molar-refractivity contribution in [3.05, 3.63) is 29.8 Å². The molecule has 5 nitrogen and oxygen atoms in total. The van der Waals surface area contributed by atoms with Gasteiger partial charge in [-0.05, 0) is 81.4 Å². The number of hydrogen-bond donors (Lipinski definition) is 1. The number of carbonyl (C=O) groups is 2. The third-order valence-electron chi connectivity index (χ3n) is 6.38. The van der Waals surface area contributed by atoms with Gasteiger partial charge in [0, 0.05) is 5.69 Å². The van der Waals surface area contributed by atoms with Crippen LogP contribution in [0.15, 0.2) is 24.3 Å². The Morgan fingerprint density at radius 3 is 2.38 bits per heavy atom. The number of benzene rings is 1. The predicted molar refractivity (Wildman–Crippen MR) is 95.9 cm³/mol. The lowest BCUT2D eigenvalue weighted by atomic mass is 9.49. The molecule has 136 valence electrons. The third kappa shape index (κ3) is 3.09. The summed E-state index contributed by atoms with van der Waals surface area (Å²) >= 11 is 0. The van der Waals surface area contributed by atoms with Crippen molar-refractivity contribution in [2.75, 3.05) is 5.32 Å². The van der Waals surface area contributed by atoms with Crippen LogP contribution in [0.5, 0.6) is 0 Å². The van der Waals surface area contributed by atoms with E-state index in [-0.39, 0.29) is 17.3 Å². The van der Waals surface area contributed by atoms with Crippen LogP contribution >= 0.6 is 0 Å². The second-order valence-electron chi connectivity index (χ2n) is 8.43. The Morgan fingerprint density at radius 2 is 1.81 bits per heavy atom. The quantitative estimate of drug-likeness (QED) is 0.839. The van der Waals surface area contributed by atoms with Crippen LogP contribution in [0.3, 0.4) is 0 Å². The first-order chi connectivity index (χ1) is 12.5. The van der Waals surface area contributed by atoms with Crippen LogP contribution in [0.4, 0.5) is 5.69 Å². The molecule has 5 rings (SSSR count). The first-order valence-electron chi connectivity index (χ1n) is 9.49. The number of carbonyl (C=O) groups excluding carboxylic acids is 2. The molecule has 5 heteroatoms. The monoisotopic (exact) mass is 352 g/mol. The molecule has 4 fully saturated rings. The maximum Gasteiger partial charge on any atom is 0.312 e. The number of rotatable bonds is 4. The smallest absolute Gasteiger partial charge is 0.312 e. The average molecular weight is 352 g/mol. The fourth-order valence-corrected chi connectivity index (χ4v) is 5.61. The maximum atomic E-state index is 12.9. The summed E-state index contributed by atoms with van der Waals surface area (Å²) in [5, 5.41) is 11.7. The lowest BCUT2D eigenvalue weighted by Crippen LogP contribution is -2.51. The molecule has 0 saturated heterocycles. The molecule has 1 amide bonds. The first-order valence-corrected chi connectivity index (χ1v) is 9.49. The second-order valence-corrected chi connectivity index (χ2v) is 8.43. The number of hydrogen-bond acceptors (Lipinski definition) is 4. The van der Waals surface area contributed by atoms with Gasteiger partial charge in [0.2, 0.25) is 0 Å². The van der Waals surface area contributed by atoms with Crippen LogP contribution < -0.4 is 5.32 Å². The van der Waals surface area contributed by atoms with Gasteiger partial charge in [-0.25, -0.2) is 0 Å². The zero-order chi connectivity index (χ0) is 18.3. The molecule has 1 aromatic carbocycles. The van der Waals surface area contributed by atoms with Crippen LogP contribution in [-0.4, -0.2) is 18.0 Å². The topological polar surface area (TPSA) is 79.2 Å². The number of ether oxygens (including phenoxy) is 1. The molecular weight excluding hydrogens is 328 g/mol. The maximum absolute atomic E-state index is 12.9. The van der Waals surface area contributed by atoms with E-state index in [0.29, 0.717) is 29.0 Å². The van der Waals surface area contributed by atoms with Crippen molar-refractivity contribution in [1.82, 2.24) is 0 Å². The lowest BCUT2D eigenvalue weighted by Gasteiger charge is -2.55. The van der Waals surface area contributed by atoms with Gasteiger partial charge in [0.05, 0.1) is 17.0 Å². The number of nitriles is 1. The van der Waals surface area contributed by atoms with Gasteiger partial charge in [-0.1, -0.05) is 6.07 Å². The van der Waals surface area contributed by atoms with Crippen molar-refractivity contribution < 1.29 is 14.3 Å². The van der Waals surface area contributed by atoms with E-state index in [0.717, 1.165) is 19.3 Å². The fourth-order valence-electron chi connectivity index (χ4n) is 5.61. The van der Waals surface area contributed by atoms with Gasteiger partial charge >= 0.3 is 5.97 Å². The van der Waals surface area contributed by atoms with Crippen molar-refractivity contribution in [2.45, 2.75) is 51.6 Å². The van der Waals surface area contributed by atoms with Crippen molar-refractivity contribution in [2.24, 2.45) is 23.2 Å². The van der Waals surface area contributed by atoms with Gasteiger partial charge in [0.25, 0.3) is 5.91 Å². The van der Waals surface area contributed by atoms with Gasteiger partial charge in [-0.2, -0.15) is 5.26 Å². The number of anilines is 1. The lowest BCUT2D eigenvalue weighted by molar-refractivity contribution is -0.177. The van der Waals surface area contributed by atoms with E-state index in [1.165, 1.54) is 19.3 Å². The Bertz CT molecular complexity index is 744. The summed E-state index contributed by atoms with van der Waals surface area (Å²) in [5.74, 6) is 1.42. The SMILES string of the molecule is C[C@H](OC(=O)C12CC3CC(CC(C3)C1)C2)C(=O)Nc1cccc(C#N)c1. The van der Waals surface area contributed by atoms with E-state index in [1.807, 2.05) is 6.07 Å². The minimum atomic E-state index is -0.846. The van der Waals surface area contributed by atoms with Crippen LogP contribution in [0.1, 0.15) is 51.0 Å². The Labute approximate surface area is 153 Å². The van der Waals surface area contributed by atoms with Crippen LogP contribution in [0.25, 0.3) is 0 Å². The highest BCUT2D eigenvalue weighted by molar-refractivity contribution is 5.95. The number of esters is 1. The van der Waals surface area contributed by atoms with E-state index in [9.17, 15) is 9.59 Å². The van der Waals surface area contributed by atoms with Gasteiger partial charge in [-0.15, -0.1) is 0 Å². The zero-order valence-electron chi connectivity index (χ0n) is 15.0. The first kappa shape index (κ1) is 17.1. The van der Waals surface area contributed by atoms with Gasteiger partial charge < -0.3 is 10.1 Å². The number of amides is 1. The largest absolute Gasteiger partial charge is 0.452 e. The molecule has 1 aromatic rings. The molecule has 4 bridgehead atoms. The Balaban J connectivity index is 1.39. The van der Waals surface area contributed by atoms with Crippen molar-refractivity contribution >= 4 is 17.6 Å². The van der Waals surface area contributed by atoms with Crippen LogP contribution in [0, 0.1) is 34.5 Å². The summed E-state index contributed by atoms with van der Waals surface area (Å²) in [7, 11) is 0. The van der Waals surface area contributed by atoms with E-state index < -0.39 is 6.10 Å². The summed E-state index contributed by atoms with van der Waals surface area (Å²) in [6.07, 6.45) is 5.72. The van der Waals surface area contributed by atoms with Crippen molar-refractivity contribution in [3.63, 3.8) is 0 Å². The summed E-state index contributed by atoms with van der Waals surface area (Å²) in [6.45, 7) is 1.61. The molecule has 4 aliphatic rings. The Kier molecular flexibility index (Phi) is 4.22. The predicted octanol–water partition coefficient (Wildman–Crippen LogP) is 3.64. The molecule has 0 spiro atoms. The van der Waals surface area contributed by atoms with Gasteiger partial charge in [-0.3, -0.25) is 9.59 Å². The van der Waals surface area contributed by atoms with Gasteiger partial charge in [0.1, 0.15) is 0 Å². The Morgan fingerprint density at radius 1 is 1.19 bits per heavy atom. The molecule has 4 saturated carbocycles. The third-order valence-corrected chi connectivity index (χ3v) is 6.38. The molecule has 0 radical (unpaired) electrons. The number of nitrogens with one attached hydrogen (secondary N) is 1. The minimum Gasteiger partial charge on any atom is -0.452 e. The molecular formula is C21H24N2O3. The molecule has 0 unspecified atom stereocenters. The normalized spacial score (nSPS) is 32.5. The standard InChI is InChI=1S/C21H24N2O3/c1-13(19(24)23-18-4-2-3-14(8-18)12-22)26-20(25)21-9-15-5-16(10-21)7-17(6-15)11-21/h2-4,8,13,15-17H,5-7,9-11H2,1H3,(H,23,24)/t13-,15?,16?,17?,21?/m0/s1. The molecule has 1 atom stereocenters. The van der Waals surface area contributed by atoms with Crippen molar-refractivity contribution in [1.29, 1.82) is 5.26 Å². The van der Waals surface area contributed by atoms with Gasteiger partial charge in [0.15, 0.2) is 6.10 Å². The highest BCUT2D eigenvalue weighted by atomic mass is 16.5. The fraction of sp³-hybridized carbons (Fsp3) is 0.571. The average Bonchev–Trinajstić information content (AvgIpc) is 2.60. The van der Waals surface area contributed by atoms with Crippen LogP contribution in [-0.2, 0) is 14.3 Å². The molecule has 1 N–H and O–H groups in total. The van der Waals surface area contributed by atoms with Crippen LogP contribution in [0.2, 0.25) is 0 Å². The molecule has 4 aliphatic carbocycles. The Hall–Kier alpha value is -2.35. The molecule has 0 aromatic heterocycles. The highest BCUT2D eigenvalue weighted by Crippen LogP contribution is 2.60. The van der Waals surface area contributed by atoms with E-state index in [1.54, 1.807) is 31.2 Å². The molecule has 0 aliphatic heterocycles. The molecule has 26 heavy (non-hydrogen) atoms.